The summed E-state index contributed by atoms with van der Waals surface area (Å²) in [6.45, 7) is 3.23. The van der Waals surface area contributed by atoms with E-state index in [0.29, 0.717) is 12.1 Å². The molecule has 1 aromatic rings. The first-order valence-corrected chi connectivity index (χ1v) is 7.17. The number of halogens is 1. The lowest BCUT2D eigenvalue weighted by atomic mass is 10.1. The number of hydrogen-bond donors (Lipinski definition) is 1. The first-order chi connectivity index (χ1) is 8.59. The second-order valence-corrected chi connectivity index (χ2v) is 5.88. The van der Waals surface area contributed by atoms with Crippen LogP contribution in [0.15, 0.2) is 24.3 Å². The summed E-state index contributed by atoms with van der Waals surface area (Å²) in [4.78, 5) is 2.34. The third-order valence-electron chi connectivity index (χ3n) is 4.06. The Bertz CT molecular complexity index is 390. The van der Waals surface area contributed by atoms with Crippen molar-refractivity contribution in [1.29, 1.82) is 0 Å². The van der Waals surface area contributed by atoms with Gasteiger partial charge in [0.25, 0.3) is 0 Å². The van der Waals surface area contributed by atoms with Crippen molar-refractivity contribution in [3.8, 4) is 0 Å². The van der Waals surface area contributed by atoms with E-state index < -0.39 is 0 Å². The fraction of sp³-hybridized carbons (Fsp3) is 0.600. The largest absolute Gasteiger partial charge is 0.327 e. The minimum Gasteiger partial charge on any atom is -0.327 e. The van der Waals surface area contributed by atoms with Crippen LogP contribution in [0.1, 0.15) is 37.8 Å². The molecule has 2 rings (SSSR count). The number of nitrogens with two attached hydrogens (primary N) is 1. The van der Waals surface area contributed by atoms with Crippen molar-refractivity contribution >= 4 is 11.6 Å². The van der Waals surface area contributed by atoms with Crippen LogP contribution in [0.4, 0.5) is 0 Å². The molecule has 2 nitrogen and oxygen atoms in total. The van der Waals surface area contributed by atoms with E-state index in [1.807, 2.05) is 18.2 Å². The Morgan fingerprint density at radius 1 is 1.39 bits per heavy atom. The summed E-state index contributed by atoms with van der Waals surface area (Å²) >= 11 is 6.23. The van der Waals surface area contributed by atoms with E-state index in [0.717, 1.165) is 23.9 Å². The molecule has 1 aliphatic rings. The molecule has 0 saturated heterocycles. The Hall–Kier alpha value is -0.570. The van der Waals surface area contributed by atoms with Gasteiger partial charge in [0.15, 0.2) is 0 Å². The quantitative estimate of drug-likeness (QED) is 0.854. The summed E-state index contributed by atoms with van der Waals surface area (Å²) in [6, 6.07) is 8.79. The molecule has 1 aromatic carbocycles. The van der Waals surface area contributed by atoms with Gasteiger partial charge in [-0.3, -0.25) is 4.90 Å². The number of benzene rings is 1. The molecule has 2 unspecified atom stereocenters. The van der Waals surface area contributed by atoms with Gasteiger partial charge in [0.05, 0.1) is 0 Å². The van der Waals surface area contributed by atoms with E-state index in [1.165, 1.54) is 18.4 Å². The maximum absolute atomic E-state index is 6.23. The standard InChI is InChI=1S/C15H23ClN2/c1-11(13-5-3-4-6-14(13)16)18(2)10-9-15(17)12-7-8-12/h3-6,11-12,15H,7-10,17H2,1-2H3. The van der Waals surface area contributed by atoms with Gasteiger partial charge in [-0.15, -0.1) is 0 Å². The van der Waals surface area contributed by atoms with Crippen molar-refractivity contribution in [2.24, 2.45) is 11.7 Å². The SMILES string of the molecule is CC(c1ccccc1Cl)N(C)CCC(N)C1CC1. The van der Waals surface area contributed by atoms with Crippen molar-refractivity contribution < 1.29 is 0 Å². The van der Waals surface area contributed by atoms with Gasteiger partial charge < -0.3 is 5.73 Å². The maximum atomic E-state index is 6.23. The number of nitrogens with zero attached hydrogens (tertiary/aromatic N) is 1. The van der Waals surface area contributed by atoms with Gasteiger partial charge in [0, 0.05) is 17.1 Å². The van der Waals surface area contributed by atoms with Gasteiger partial charge >= 0.3 is 0 Å². The van der Waals surface area contributed by atoms with Crippen LogP contribution in [-0.4, -0.2) is 24.5 Å². The minimum absolute atomic E-state index is 0.338. The average Bonchev–Trinajstić information content (AvgIpc) is 3.19. The van der Waals surface area contributed by atoms with Crippen molar-refractivity contribution in [3.63, 3.8) is 0 Å². The lowest BCUT2D eigenvalue weighted by molar-refractivity contribution is 0.248. The summed E-state index contributed by atoms with van der Waals surface area (Å²) in [5.74, 6) is 0.786. The number of rotatable bonds is 6. The van der Waals surface area contributed by atoms with Gasteiger partial charge in [-0.2, -0.15) is 0 Å². The summed E-state index contributed by atoms with van der Waals surface area (Å²) in [6.07, 6.45) is 3.73. The van der Waals surface area contributed by atoms with Crippen molar-refractivity contribution in [2.75, 3.05) is 13.6 Å². The molecule has 18 heavy (non-hydrogen) atoms. The Balaban J connectivity index is 1.87. The van der Waals surface area contributed by atoms with Gasteiger partial charge in [-0.25, -0.2) is 0 Å². The zero-order valence-electron chi connectivity index (χ0n) is 11.3. The molecule has 2 atom stereocenters. The Labute approximate surface area is 115 Å². The van der Waals surface area contributed by atoms with E-state index in [-0.39, 0.29) is 0 Å². The van der Waals surface area contributed by atoms with Crippen molar-refractivity contribution in [1.82, 2.24) is 4.90 Å². The second kappa shape index (κ2) is 6.05. The third kappa shape index (κ3) is 3.47. The minimum atomic E-state index is 0.338. The molecule has 0 bridgehead atoms. The lowest BCUT2D eigenvalue weighted by Crippen LogP contribution is -2.31. The average molecular weight is 267 g/mol. The van der Waals surface area contributed by atoms with E-state index in [1.54, 1.807) is 0 Å². The van der Waals surface area contributed by atoms with Crippen LogP contribution < -0.4 is 5.73 Å². The van der Waals surface area contributed by atoms with E-state index in [2.05, 4.69) is 24.9 Å². The predicted octanol–water partition coefficient (Wildman–Crippen LogP) is 3.46. The molecule has 0 radical (unpaired) electrons. The fourth-order valence-electron chi connectivity index (χ4n) is 2.36. The Morgan fingerprint density at radius 2 is 2.06 bits per heavy atom. The normalized spacial score (nSPS) is 18.9. The van der Waals surface area contributed by atoms with Crippen LogP contribution in [0.3, 0.4) is 0 Å². The van der Waals surface area contributed by atoms with Crippen LogP contribution >= 0.6 is 11.6 Å². The van der Waals surface area contributed by atoms with Crippen LogP contribution in [0.25, 0.3) is 0 Å². The molecule has 3 heteroatoms. The monoisotopic (exact) mass is 266 g/mol. The van der Waals surface area contributed by atoms with Gasteiger partial charge in [0.2, 0.25) is 0 Å². The molecule has 0 aliphatic heterocycles. The second-order valence-electron chi connectivity index (χ2n) is 5.47. The van der Waals surface area contributed by atoms with Gasteiger partial charge in [-0.05, 0) is 57.3 Å². The molecule has 1 saturated carbocycles. The molecule has 100 valence electrons. The predicted molar refractivity (Wildman–Crippen MR) is 77.8 cm³/mol. The lowest BCUT2D eigenvalue weighted by Gasteiger charge is -2.27. The van der Waals surface area contributed by atoms with Crippen LogP contribution in [-0.2, 0) is 0 Å². The van der Waals surface area contributed by atoms with E-state index in [9.17, 15) is 0 Å². The first-order valence-electron chi connectivity index (χ1n) is 6.80. The van der Waals surface area contributed by atoms with Crippen LogP contribution in [0.5, 0.6) is 0 Å². The van der Waals surface area contributed by atoms with Crippen molar-refractivity contribution in [2.45, 2.75) is 38.3 Å². The zero-order valence-corrected chi connectivity index (χ0v) is 12.0. The highest BCUT2D eigenvalue weighted by atomic mass is 35.5. The molecule has 0 aromatic heterocycles. The smallest absolute Gasteiger partial charge is 0.0453 e. The zero-order chi connectivity index (χ0) is 13.1. The Kier molecular flexibility index (Phi) is 4.66. The highest BCUT2D eigenvalue weighted by Crippen LogP contribution is 2.33. The maximum Gasteiger partial charge on any atom is 0.0453 e. The van der Waals surface area contributed by atoms with Gasteiger partial charge in [-0.1, -0.05) is 29.8 Å². The topological polar surface area (TPSA) is 29.3 Å². The summed E-state index contributed by atoms with van der Waals surface area (Å²) in [7, 11) is 2.15. The molecular weight excluding hydrogens is 244 g/mol. The van der Waals surface area contributed by atoms with E-state index >= 15 is 0 Å². The molecule has 2 N–H and O–H groups in total. The summed E-state index contributed by atoms with van der Waals surface area (Å²) in [5.41, 5.74) is 7.34. The molecule has 0 spiro atoms. The number of hydrogen-bond acceptors (Lipinski definition) is 2. The first kappa shape index (κ1) is 13.9. The van der Waals surface area contributed by atoms with Crippen LogP contribution in [0.2, 0.25) is 5.02 Å². The van der Waals surface area contributed by atoms with E-state index in [4.69, 9.17) is 17.3 Å². The summed E-state index contributed by atoms with van der Waals surface area (Å²) < 4.78 is 0. The molecule has 0 amide bonds. The van der Waals surface area contributed by atoms with Gasteiger partial charge in [0.1, 0.15) is 0 Å². The highest BCUT2D eigenvalue weighted by Gasteiger charge is 2.28. The molecular formula is C15H23ClN2. The molecule has 1 aliphatic carbocycles. The highest BCUT2D eigenvalue weighted by molar-refractivity contribution is 6.31. The Morgan fingerprint density at radius 3 is 2.67 bits per heavy atom. The third-order valence-corrected chi connectivity index (χ3v) is 4.40. The van der Waals surface area contributed by atoms with Crippen LogP contribution in [0, 0.1) is 5.92 Å². The van der Waals surface area contributed by atoms with Crippen molar-refractivity contribution in [3.05, 3.63) is 34.9 Å². The molecule has 0 heterocycles. The fourth-order valence-corrected chi connectivity index (χ4v) is 2.65. The molecule has 1 fully saturated rings. The summed E-state index contributed by atoms with van der Waals surface area (Å²) in [5, 5.41) is 0.850.